The van der Waals surface area contributed by atoms with Crippen LogP contribution in [0.4, 0.5) is 21.9 Å². The highest BCUT2D eigenvalue weighted by molar-refractivity contribution is 6.19. The fourth-order valence-electron chi connectivity index (χ4n) is 6.45. The van der Waals surface area contributed by atoms with Crippen molar-refractivity contribution in [3.63, 3.8) is 0 Å². The normalized spacial score (nSPS) is 13.9. The van der Waals surface area contributed by atoms with Crippen LogP contribution < -0.4 is 20.3 Å². The van der Waals surface area contributed by atoms with E-state index in [1.54, 1.807) is 35.2 Å². The van der Waals surface area contributed by atoms with Crippen LogP contribution in [-0.4, -0.2) is 40.3 Å². The summed E-state index contributed by atoms with van der Waals surface area (Å²) < 4.78 is 5.84. The highest BCUT2D eigenvalue weighted by Gasteiger charge is 2.36. The van der Waals surface area contributed by atoms with Crippen molar-refractivity contribution in [3.05, 3.63) is 132 Å². The third kappa shape index (κ3) is 5.30. The zero-order valence-corrected chi connectivity index (χ0v) is 26.2. The summed E-state index contributed by atoms with van der Waals surface area (Å²) in [6.45, 7) is 0.364. The van der Waals surface area contributed by atoms with Crippen molar-refractivity contribution in [2.24, 2.45) is 0 Å². The van der Waals surface area contributed by atoms with Gasteiger partial charge in [0, 0.05) is 63.0 Å². The number of fused-ring (bicyclic) bond motifs is 5. The van der Waals surface area contributed by atoms with E-state index in [0.29, 0.717) is 46.6 Å². The van der Waals surface area contributed by atoms with Gasteiger partial charge in [-0.3, -0.25) is 14.9 Å². The van der Waals surface area contributed by atoms with Gasteiger partial charge in [-0.2, -0.15) is 0 Å². The molecule has 3 heterocycles. The number of halogens is 1. The molecule has 0 saturated heterocycles. The Kier molecular flexibility index (Phi) is 7.30. The van der Waals surface area contributed by atoms with Crippen molar-refractivity contribution in [2.75, 3.05) is 28.0 Å². The van der Waals surface area contributed by atoms with E-state index in [2.05, 4.69) is 20.6 Å². The van der Waals surface area contributed by atoms with Crippen LogP contribution in [0.25, 0.3) is 32.6 Å². The molecule has 1 aliphatic heterocycles. The number of hydrogen-bond acceptors (Lipinski definition) is 4. The van der Waals surface area contributed by atoms with Gasteiger partial charge >= 0.3 is 6.09 Å². The summed E-state index contributed by atoms with van der Waals surface area (Å²) in [6.07, 6.45) is -0.640. The van der Waals surface area contributed by atoms with Gasteiger partial charge in [-0.15, -0.1) is 11.6 Å². The number of carbonyl (C=O) groups excluding carboxylic acids is 3. The Morgan fingerprint density at radius 3 is 2.25 bits per heavy atom. The highest BCUT2D eigenvalue weighted by atomic mass is 35.5. The molecule has 48 heavy (non-hydrogen) atoms. The number of alkyl halides is 1. The molecule has 10 heteroatoms. The average molecular weight is 654 g/mol. The Balaban J connectivity index is 1.09. The van der Waals surface area contributed by atoms with E-state index < -0.39 is 6.09 Å². The molecule has 1 atom stereocenters. The van der Waals surface area contributed by atoms with Crippen molar-refractivity contribution in [1.29, 1.82) is 0 Å². The molecule has 3 amide bonds. The lowest BCUT2D eigenvalue weighted by Crippen LogP contribution is -2.30. The Labute approximate surface area is 279 Å². The van der Waals surface area contributed by atoms with Crippen LogP contribution >= 0.6 is 11.6 Å². The predicted octanol–water partition coefficient (Wildman–Crippen LogP) is 8.65. The molecule has 0 bridgehead atoms. The van der Waals surface area contributed by atoms with Gasteiger partial charge in [0.05, 0.1) is 5.69 Å². The molecule has 8 rings (SSSR count). The molecule has 7 aromatic rings. The molecule has 0 aliphatic carbocycles. The van der Waals surface area contributed by atoms with Crippen molar-refractivity contribution in [3.8, 4) is 5.75 Å². The molecular weight excluding hydrogens is 626 g/mol. The third-order valence-corrected chi connectivity index (χ3v) is 9.04. The number of H-pyrrole nitrogens is 2. The second-order valence-corrected chi connectivity index (χ2v) is 12.0. The van der Waals surface area contributed by atoms with Crippen LogP contribution in [-0.2, 0) is 0 Å². The van der Waals surface area contributed by atoms with Crippen LogP contribution in [0.15, 0.2) is 115 Å². The molecule has 0 saturated carbocycles. The average Bonchev–Trinajstić information content (AvgIpc) is 3.83. The number of aromatic amines is 2. The van der Waals surface area contributed by atoms with Gasteiger partial charge in [-0.05, 0) is 59.5 Å². The molecule has 1 aliphatic rings. The first-order valence-electron chi connectivity index (χ1n) is 15.4. The Hall–Kier alpha value is -6.06. The minimum Gasteiger partial charge on any atom is -0.409 e. The van der Waals surface area contributed by atoms with Crippen LogP contribution in [0, 0.1) is 0 Å². The van der Waals surface area contributed by atoms with E-state index in [9.17, 15) is 14.4 Å². The quantitative estimate of drug-likeness (QED) is 0.134. The van der Waals surface area contributed by atoms with Crippen LogP contribution in [0.5, 0.6) is 5.75 Å². The first-order chi connectivity index (χ1) is 23.4. The number of hydrogen-bond donors (Lipinski definition) is 4. The lowest BCUT2D eigenvalue weighted by atomic mass is 9.95. The van der Waals surface area contributed by atoms with E-state index in [1.165, 1.54) is 0 Å². The monoisotopic (exact) mass is 653 g/mol. The molecule has 0 radical (unpaired) electrons. The van der Waals surface area contributed by atoms with E-state index in [4.69, 9.17) is 16.3 Å². The zero-order chi connectivity index (χ0) is 32.8. The maximum atomic E-state index is 14.1. The molecular formula is C38H28ClN5O4. The van der Waals surface area contributed by atoms with E-state index >= 15 is 0 Å². The van der Waals surface area contributed by atoms with Gasteiger partial charge in [0.2, 0.25) is 0 Å². The number of nitrogens with one attached hydrogen (secondary N) is 4. The summed E-state index contributed by atoms with van der Waals surface area (Å²) in [7, 11) is 0. The first kappa shape index (κ1) is 29.3. The summed E-state index contributed by atoms with van der Waals surface area (Å²) >= 11 is 6.48. The first-order valence-corrected chi connectivity index (χ1v) is 16.0. The van der Waals surface area contributed by atoms with Gasteiger partial charge in [0.15, 0.2) is 0 Å². The highest BCUT2D eigenvalue weighted by Crippen LogP contribution is 2.46. The van der Waals surface area contributed by atoms with E-state index in [0.717, 1.165) is 38.1 Å². The number of aromatic nitrogens is 2. The minimum atomic E-state index is -0.640. The van der Waals surface area contributed by atoms with E-state index in [1.807, 2.05) is 84.9 Å². The summed E-state index contributed by atoms with van der Waals surface area (Å²) in [4.78, 5) is 48.1. The van der Waals surface area contributed by atoms with Crippen molar-refractivity contribution >= 4 is 79.1 Å². The fourth-order valence-corrected chi connectivity index (χ4v) is 6.70. The van der Waals surface area contributed by atoms with Gasteiger partial charge in [-0.1, -0.05) is 60.7 Å². The number of rotatable bonds is 6. The van der Waals surface area contributed by atoms with Crippen LogP contribution in [0.1, 0.15) is 32.5 Å². The maximum Gasteiger partial charge on any atom is 0.417 e. The molecule has 9 nitrogen and oxygen atoms in total. The van der Waals surface area contributed by atoms with Gasteiger partial charge < -0.3 is 24.9 Å². The minimum absolute atomic E-state index is 0.126. The van der Waals surface area contributed by atoms with Gasteiger partial charge in [0.1, 0.15) is 17.1 Å². The molecule has 236 valence electrons. The number of para-hydroxylation sites is 2. The Bertz CT molecular complexity index is 2350. The number of benzene rings is 5. The standard InChI is InChI=1S/C38H28ClN5O4/c39-20-24-21-44(33-19-34(27-11-5-6-12-28(27)35(24)33)48-38(47)41-25-9-2-1-3-10-25)37(46)32-18-23-16-26(14-15-30(23)43-32)40-36(45)31-17-22-8-4-7-13-29(22)42-31/h1-19,24,42-43H,20-21H2,(H,40,45)(H,41,47)/t24-/m1/s1. The Morgan fingerprint density at radius 2 is 1.44 bits per heavy atom. The summed E-state index contributed by atoms with van der Waals surface area (Å²) in [5.74, 6) is -0.00219. The lowest BCUT2D eigenvalue weighted by Gasteiger charge is -2.19. The molecule has 5 aromatic carbocycles. The largest absolute Gasteiger partial charge is 0.417 e. The van der Waals surface area contributed by atoms with Crippen molar-refractivity contribution < 1.29 is 19.1 Å². The SMILES string of the molecule is O=C(Nc1ccccc1)Oc1cc2c(c3ccccc13)[C@H](CCl)CN2C(=O)c1cc2cc(NC(=O)c3cc4ccccc4[nH]3)ccc2[nH]1. The van der Waals surface area contributed by atoms with Crippen LogP contribution in [0.2, 0.25) is 0 Å². The summed E-state index contributed by atoms with van der Waals surface area (Å²) in [5.41, 5.74) is 5.23. The number of nitrogens with zero attached hydrogens (tertiary/aromatic N) is 1. The molecule has 0 fully saturated rings. The topological polar surface area (TPSA) is 119 Å². The number of anilines is 3. The third-order valence-electron chi connectivity index (χ3n) is 8.67. The fraction of sp³-hybridized carbons (Fsp3) is 0.0789. The summed E-state index contributed by atoms with van der Waals surface area (Å²) in [5, 5.41) is 9.03. The van der Waals surface area contributed by atoms with Gasteiger partial charge in [-0.25, -0.2) is 4.79 Å². The Morgan fingerprint density at radius 1 is 0.729 bits per heavy atom. The molecule has 2 aromatic heterocycles. The second kappa shape index (κ2) is 11.9. The van der Waals surface area contributed by atoms with Crippen molar-refractivity contribution in [2.45, 2.75) is 5.92 Å². The van der Waals surface area contributed by atoms with Gasteiger partial charge in [0.25, 0.3) is 11.8 Å². The second-order valence-electron chi connectivity index (χ2n) is 11.7. The lowest BCUT2D eigenvalue weighted by molar-refractivity contribution is 0.0982. The molecule has 0 spiro atoms. The summed E-state index contributed by atoms with van der Waals surface area (Å²) in [6, 6.07) is 35.2. The molecule has 0 unspecified atom stereocenters. The van der Waals surface area contributed by atoms with Crippen molar-refractivity contribution in [1.82, 2.24) is 9.97 Å². The zero-order valence-electron chi connectivity index (χ0n) is 25.4. The van der Waals surface area contributed by atoms with Crippen LogP contribution in [0.3, 0.4) is 0 Å². The van der Waals surface area contributed by atoms with E-state index in [-0.39, 0.29) is 17.7 Å². The smallest absolute Gasteiger partial charge is 0.409 e. The number of carbonyl (C=O) groups is 3. The molecule has 4 N–H and O–H groups in total. The maximum absolute atomic E-state index is 14.1. The predicted molar refractivity (Wildman–Crippen MR) is 190 cm³/mol. The number of ether oxygens (including phenoxy) is 1. The number of amides is 3.